The van der Waals surface area contributed by atoms with Gasteiger partial charge in [-0.05, 0) is 25.0 Å². The summed E-state index contributed by atoms with van der Waals surface area (Å²) in [5, 5.41) is 11.7. The van der Waals surface area contributed by atoms with Gasteiger partial charge in [-0.15, -0.1) is 11.3 Å². The zero-order valence-corrected chi connectivity index (χ0v) is 16.7. The van der Waals surface area contributed by atoms with Crippen molar-refractivity contribution < 1.29 is 9.84 Å². The van der Waals surface area contributed by atoms with E-state index in [2.05, 4.69) is 0 Å². The van der Waals surface area contributed by atoms with Crippen molar-refractivity contribution in [1.82, 2.24) is 9.55 Å². The van der Waals surface area contributed by atoms with Crippen LogP contribution >= 0.6 is 23.1 Å². The number of aryl methyl sites for hydroxylation is 2. The van der Waals surface area contributed by atoms with Crippen LogP contribution in [0.15, 0.2) is 40.3 Å². The molecule has 2 aromatic heterocycles. The first-order valence-corrected chi connectivity index (χ1v) is 10.2. The van der Waals surface area contributed by atoms with E-state index in [0.29, 0.717) is 29.4 Å². The van der Waals surface area contributed by atoms with Gasteiger partial charge in [-0.25, -0.2) is 4.98 Å². The summed E-state index contributed by atoms with van der Waals surface area (Å²) in [6, 6.07) is 9.51. The Morgan fingerprint density at radius 3 is 2.73 bits per heavy atom. The molecule has 0 aliphatic carbocycles. The number of rotatable bonds is 7. The number of fused-ring (bicyclic) bond motifs is 1. The average Bonchev–Trinajstić information content (AvgIpc) is 2.94. The summed E-state index contributed by atoms with van der Waals surface area (Å²) in [5.41, 5.74) is 1.81. The lowest BCUT2D eigenvalue weighted by atomic mass is 10.1. The van der Waals surface area contributed by atoms with E-state index in [1.54, 1.807) is 11.7 Å². The number of benzene rings is 1. The zero-order chi connectivity index (χ0) is 18.7. The van der Waals surface area contributed by atoms with Crippen molar-refractivity contribution in [3.63, 3.8) is 0 Å². The molecule has 1 aromatic carbocycles. The van der Waals surface area contributed by atoms with Crippen LogP contribution in [0.1, 0.15) is 22.1 Å². The van der Waals surface area contributed by atoms with Gasteiger partial charge in [-0.3, -0.25) is 9.36 Å². The minimum atomic E-state index is -0.614. The molecule has 0 bridgehead atoms. The molecule has 5 nitrogen and oxygen atoms in total. The summed E-state index contributed by atoms with van der Waals surface area (Å²) in [6.07, 6.45) is -0.614. The average molecular weight is 391 g/mol. The SMILES string of the molecule is COCCn1c(SCC(O)c2ccccc2)nc2sc(C)c(C)c2c1=O. The van der Waals surface area contributed by atoms with Crippen molar-refractivity contribution in [2.24, 2.45) is 0 Å². The first-order chi connectivity index (χ1) is 12.5. The quantitative estimate of drug-likeness (QED) is 0.494. The van der Waals surface area contributed by atoms with E-state index in [0.717, 1.165) is 20.8 Å². The van der Waals surface area contributed by atoms with Crippen LogP contribution in [0.3, 0.4) is 0 Å². The monoisotopic (exact) mass is 390 g/mol. The molecule has 0 radical (unpaired) electrons. The third kappa shape index (κ3) is 3.86. The van der Waals surface area contributed by atoms with Crippen LogP contribution < -0.4 is 5.56 Å². The minimum absolute atomic E-state index is 0.0365. The van der Waals surface area contributed by atoms with Crippen LogP contribution in [0.25, 0.3) is 10.2 Å². The molecule has 0 saturated carbocycles. The second kappa shape index (κ2) is 8.35. The van der Waals surface area contributed by atoms with Crippen LogP contribution in [0, 0.1) is 13.8 Å². The summed E-state index contributed by atoms with van der Waals surface area (Å²) in [5.74, 6) is 0.429. The molecule has 0 amide bonds. The highest BCUT2D eigenvalue weighted by Gasteiger charge is 2.18. The third-order valence-corrected chi connectivity index (χ3v) is 6.48. The van der Waals surface area contributed by atoms with Crippen molar-refractivity contribution >= 4 is 33.3 Å². The standard InChI is InChI=1S/C19H22N2O3S2/c1-12-13(2)26-17-16(12)18(23)21(9-10-24-3)19(20-17)25-11-15(22)14-7-5-4-6-8-14/h4-8,15,22H,9-11H2,1-3H3. The molecular formula is C19H22N2O3S2. The Bertz CT molecular complexity index is 951. The highest BCUT2D eigenvalue weighted by molar-refractivity contribution is 7.99. The lowest BCUT2D eigenvalue weighted by Gasteiger charge is -2.14. The van der Waals surface area contributed by atoms with E-state index in [1.807, 2.05) is 44.2 Å². The van der Waals surface area contributed by atoms with Crippen molar-refractivity contribution in [2.45, 2.75) is 31.7 Å². The number of thiophene rings is 1. The van der Waals surface area contributed by atoms with Crippen molar-refractivity contribution in [3.05, 3.63) is 56.7 Å². The van der Waals surface area contributed by atoms with E-state index >= 15 is 0 Å². The Morgan fingerprint density at radius 1 is 1.31 bits per heavy atom. The van der Waals surface area contributed by atoms with Gasteiger partial charge < -0.3 is 9.84 Å². The van der Waals surface area contributed by atoms with Gasteiger partial charge in [0.2, 0.25) is 0 Å². The molecule has 0 aliphatic rings. The van der Waals surface area contributed by atoms with Crippen molar-refractivity contribution in [2.75, 3.05) is 19.5 Å². The van der Waals surface area contributed by atoms with E-state index in [1.165, 1.54) is 23.1 Å². The molecular weight excluding hydrogens is 368 g/mol. The lowest BCUT2D eigenvalue weighted by Crippen LogP contribution is -2.25. The number of aromatic nitrogens is 2. The molecule has 3 rings (SSSR count). The fraction of sp³-hybridized carbons (Fsp3) is 0.368. The molecule has 138 valence electrons. The smallest absolute Gasteiger partial charge is 0.263 e. The predicted octanol–water partition coefficient (Wildman–Crippen LogP) is 3.55. The maximum absolute atomic E-state index is 13.0. The predicted molar refractivity (Wildman–Crippen MR) is 107 cm³/mol. The number of aliphatic hydroxyl groups excluding tert-OH is 1. The Labute approximate surface area is 160 Å². The summed E-state index contributed by atoms with van der Waals surface area (Å²) in [6.45, 7) is 4.84. The highest BCUT2D eigenvalue weighted by Crippen LogP contribution is 2.29. The van der Waals surface area contributed by atoms with Gasteiger partial charge in [-0.1, -0.05) is 42.1 Å². The third-order valence-electron chi connectivity index (χ3n) is 4.33. The maximum atomic E-state index is 13.0. The number of hydrogen-bond acceptors (Lipinski definition) is 6. The van der Waals surface area contributed by atoms with E-state index < -0.39 is 6.10 Å². The first kappa shape index (κ1) is 19.1. The van der Waals surface area contributed by atoms with Gasteiger partial charge in [0, 0.05) is 17.7 Å². The van der Waals surface area contributed by atoms with Crippen LogP contribution in [0.4, 0.5) is 0 Å². The number of thioether (sulfide) groups is 1. The normalized spacial score (nSPS) is 12.6. The molecule has 0 fully saturated rings. The fourth-order valence-electron chi connectivity index (χ4n) is 2.72. The molecule has 7 heteroatoms. The number of ether oxygens (including phenoxy) is 1. The van der Waals surface area contributed by atoms with Crippen molar-refractivity contribution in [1.29, 1.82) is 0 Å². The lowest BCUT2D eigenvalue weighted by molar-refractivity contribution is 0.183. The van der Waals surface area contributed by atoms with Gasteiger partial charge in [0.1, 0.15) is 4.83 Å². The Morgan fingerprint density at radius 2 is 2.04 bits per heavy atom. The molecule has 0 aliphatic heterocycles. The van der Waals surface area contributed by atoms with E-state index in [-0.39, 0.29) is 5.56 Å². The molecule has 0 spiro atoms. The molecule has 1 atom stereocenters. The molecule has 1 N–H and O–H groups in total. The second-order valence-corrected chi connectivity index (χ2v) is 8.24. The van der Waals surface area contributed by atoms with Gasteiger partial charge in [0.15, 0.2) is 5.16 Å². The summed E-state index contributed by atoms with van der Waals surface area (Å²) < 4.78 is 6.81. The van der Waals surface area contributed by atoms with Crippen LogP contribution in [0.5, 0.6) is 0 Å². The van der Waals surface area contributed by atoms with Crippen LogP contribution in [-0.4, -0.2) is 34.1 Å². The Balaban J connectivity index is 1.94. The van der Waals surface area contributed by atoms with Crippen LogP contribution in [0.2, 0.25) is 0 Å². The van der Waals surface area contributed by atoms with Gasteiger partial charge in [0.25, 0.3) is 5.56 Å². The second-order valence-electron chi connectivity index (χ2n) is 6.04. The molecule has 3 aromatic rings. The molecule has 1 unspecified atom stereocenters. The number of hydrogen-bond donors (Lipinski definition) is 1. The first-order valence-electron chi connectivity index (χ1n) is 8.38. The maximum Gasteiger partial charge on any atom is 0.263 e. The minimum Gasteiger partial charge on any atom is -0.388 e. The summed E-state index contributed by atoms with van der Waals surface area (Å²) in [7, 11) is 1.61. The largest absolute Gasteiger partial charge is 0.388 e. The summed E-state index contributed by atoms with van der Waals surface area (Å²) in [4.78, 5) is 19.6. The number of aliphatic hydroxyl groups is 1. The topological polar surface area (TPSA) is 64.3 Å². The Kier molecular flexibility index (Phi) is 6.13. The van der Waals surface area contributed by atoms with E-state index in [9.17, 15) is 9.90 Å². The molecule has 0 saturated heterocycles. The highest BCUT2D eigenvalue weighted by atomic mass is 32.2. The van der Waals surface area contributed by atoms with Crippen LogP contribution in [-0.2, 0) is 11.3 Å². The number of nitrogens with zero attached hydrogens (tertiary/aromatic N) is 2. The number of methoxy groups -OCH3 is 1. The van der Waals surface area contributed by atoms with Gasteiger partial charge in [-0.2, -0.15) is 0 Å². The fourth-order valence-corrected chi connectivity index (χ4v) is 4.79. The molecule has 26 heavy (non-hydrogen) atoms. The van der Waals surface area contributed by atoms with Crippen molar-refractivity contribution in [3.8, 4) is 0 Å². The van der Waals surface area contributed by atoms with Gasteiger partial charge in [0.05, 0.1) is 24.6 Å². The molecule has 2 heterocycles. The van der Waals surface area contributed by atoms with Gasteiger partial charge >= 0.3 is 0 Å². The summed E-state index contributed by atoms with van der Waals surface area (Å²) >= 11 is 2.94. The zero-order valence-electron chi connectivity index (χ0n) is 15.1. The Hall–Kier alpha value is -1.67. The van der Waals surface area contributed by atoms with E-state index in [4.69, 9.17) is 9.72 Å².